The lowest BCUT2D eigenvalue weighted by molar-refractivity contribution is 0.0454. The third kappa shape index (κ3) is 5.03. The third-order valence-corrected chi connectivity index (χ3v) is 6.70. The van der Waals surface area contributed by atoms with Gasteiger partial charge in [-0.2, -0.15) is 0 Å². The fraction of sp³-hybridized carbons (Fsp3) is 0.385. The summed E-state index contributed by atoms with van der Waals surface area (Å²) in [6, 6.07) is 4.75. The number of Topliss-reactive ketones (excluding diaryl/α,β-unsaturated/α-hetero) is 1. The fourth-order valence-corrected chi connectivity index (χ4v) is 4.78. The SMILES string of the molecule is Cc1cc(CN2CN(C[C@H]3CCCO3)C(=O)c3c(O)c(=O)c(C(=O)CCc4ccc(F)cc4F)cn32)no1. The van der Waals surface area contributed by atoms with E-state index in [1.165, 1.54) is 21.8 Å². The van der Waals surface area contributed by atoms with Crippen LogP contribution in [0.3, 0.4) is 0 Å². The number of rotatable bonds is 8. The molecule has 38 heavy (non-hydrogen) atoms. The van der Waals surface area contributed by atoms with E-state index in [0.717, 1.165) is 25.0 Å². The Bertz CT molecular complexity index is 1450. The maximum absolute atomic E-state index is 14.0. The van der Waals surface area contributed by atoms with Gasteiger partial charge in [-0.1, -0.05) is 11.2 Å². The van der Waals surface area contributed by atoms with E-state index in [2.05, 4.69) is 5.16 Å². The maximum Gasteiger partial charge on any atom is 0.277 e. The monoisotopic (exact) mass is 528 g/mol. The highest BCUT2D eigenvalue weighted by atomic mass is 19.1. The number of ether oxygens (including phenoxy) is 1. The summed E-state index contributed by atoms with van der Waals surface area (Å²) in [5.74, 6) is -3.04. The average Bonchev–Trinajstić information content (AvgIpc) is 3.54. The number of nitrogens with zero attached hydrogens (tertiary/aromatic N) is 4. The molecule has 200 valence electrons. The first-order valence-corrected chi connectivity index (χ1v) is 12.3. The van der Waals surface area contributed by atoms with Crippen molar-refractivity contribution in [1.29, 1.82) is 0 Å². The van der Waals surface area contributed by atoms with Gasteiger partial charge in [0.25, 0.3) is 5.91 Å². The van der Waals surface area contributed by atoms with Crippen molar-refractivity contribution in [2.75, 3.05) is 24.8 Å². The Morgan fingerprint density at radius 1 is 1.24 bits per heavy atom. The van der Waals surface area contributed by atoms with Crippen molar-refractivity contribution in [2.45, 2.75) is 45.3 Å². The molecule has 1 fully saturated rings. The van der Waals surface area contributed by atoms with Crippen LogP contribution in [0.15, 0.2) is 39.8 Å². The average molecular weight is 529 g/mol. The van der Waals surface area contributed by atoms with E-state index in [1.54, 1.807) is 18.0 Å². The number of amides is 1. The van der Waals surface area contributed by atoms with Gasteiger partial charge >= 0.3 is 0 Å². The maximum atomic E-state index is 14.0. The van der Waals surface area contributed by atoms with Crippen LogP contribution in [-0.4, -0.2) is 57.5 Å². The second kappa shape index (κ2) is 10.4. The van der Waals surface area contributed by atoms with Gasteiger partial charge in [-0.15, -0.1) is 0 Å². The molecule has 1 atom stereocenters. The highest BCUT2D eigenvalue weighted by Gasteiger charge is 2.36. The minimum absolute atomic E-state index is 0.0777. The van der Waals surface area contributed by atoms with Crippen molar-refractivity contribution >= 4 is 11.7 Å². The molecular weight excluding hydrogens is 502 g/mol. The largest absolute Gasteiger partial charge is 0.502 e. The van der Waals surface area contributed by atoms with Gasteiger partial charge in [-0.25, -0.2) is 8.78 Å². The first kappa shape index (κ1) is 25.6. The van der Waals surface area contributed by atoms with Gasteiger partial charge in [0.2, 0.25) is 5.43 Å². The molecule has 0 radical (unpaired) electrons. The molecular formula is C26H26F2N4O6. The highest BCUT2D eigenvalue weighted by molar-refractivity contribution is 6.00. The summed E-state index contributed by atoms with van der Waals surface area (Å²) in [5, 5.41) is 16.5. The van der Waals surface area contributed by atoms with Crippen LogP contribution < -0.4 is 10.4 Å². The quantitative estimate of drug-likeness (QED) is 0.444. The Morgan fingerprint density at radius 3 is 2.74 bits per heavy atom. The smallest absolute Gasteiger partial charge is 0.277 e. The predicted octanol–water partition coefficient (Wildman–Crippen LogP) is 2.67. The summed E-state index contributed by atoms with van der Waals surface area (Å²) < 4.78 is 39.3. The van der Waals surface area contributed by atoms with E-state index in [1.807, 2.05) is 0 Å². The van der Waals surface area contributed by atoms with E-state index in [9.17, 15) is 28.3 Å². The van der Waals surface area contributed by atoms with Crippen LogP contribution in [0.25, 0.3) is 0 Å². The van der Waals surface area contributed by atoms with Crippen molar-refractivity contribution in [2.24, 2.45) is 0 Å². The van der Waals surface area contributed by atoms with Gasteiger partial charge in [0.15, 0.2) is 17.2 Å². The van der Waals surface area contributed by atoms with Gasteiger partial charge in [0, 0.05) is 37.9 Å². The standard InChI is InChI=1S/C26H26F2N4O6/c1-15-9-18(29-38-15)11-31-14-30(12-19-3-2-8-37-19)26(36)23-25(35)24(34)20(13-32(23)31)22(33)7-5-16-4-6-17(27)10-21(16)28/h4,6,9-10,13,19,35H,2-3,5,7-8,11-12,14H2,1H3/t19-/m1/s1. The molecule has 0 unspecified atom stereocenters. The van der Waals surface area contributed by atoms with Gasteiger partial charge in [-0.3, -0.25) is 24.1 Å². The Morgan fingerprint density at radius 2 is 2.05 bits per heavy atom. The number of aromatic hydroxyl groups is 1. The Kier molecular flexibility index (Phi) is 6.98. The lowest BCUT2D eigenvalue weighted by Crippen LogP contribution is -2.55. The summed E-state index contributed by atoms with van der Waals surface area (Å²) in [6.45, 7) is 2.83. The molecule has 1 aromatic carbocycles. The summed E-state index contributed by atoms with van der Waals surface area (Å²) in [7, 11) is 0. The molecule has 0 saturated carbocycles. The van der Waals surface area contributed by atoms with Crippen molar-refractivity contribution in [3.05, 3.63) is 80.6 Å². The second-order valence-corrected chi connectivity index (χ2v) is 9.47. The number of hydrogen-bond donors (Lipinski definition) is 1. The number of ketones is 1. The zero-order valence-electron chi connectivity index (χ0n) is 20.7. The van der Waals surface area contributed by atoms with Gasteiger partial charge in [0.05, 0.1) is 18.2 Å². The van der Waals surface area contributed by atoms with Gasteiger partial charge in [-0.05, 0) is 37.8 Å². The normalized spacial score (nSPS) is 17.2. The molecule has 0 bridgehead atoms. The van der Waals surface area contributed by atoms with Gasteiger partial charge < -0.3 is 19.3 Å². The number of pyridine rings is 1. The van der Waals surface area contributed by atoms with Crippen LogP contribution in [0.1, 0.15) is 57.1 Å². The fourth-order valence-electron chi connectivity index (χ4n) is 4.78. The van der Waals surface area contributed by atoms with Crippen LogP contribution >= 0.6 is 0 Å². The van der Waals surface area contributed by atoms with E-state index >= 15 is 0 Å². The molecule has 4 heterocycles. The summed E-state index contributed by atoms with van der Waals surface area (Å²) in [4.78, 5) is 40.9. The Balaban J connectivity index is 1.47. The van der Waals surface area contributed by atoms with Crippen LogP contribution in [0.4, 0.5) is 8.78 Å². The lowest BCUT2D eigenvalue weighted by Gasteiger charge is -2.40. The molecule has 1 amide bonds. The van der Waals surface area contributed by atoms with Crippen LogP contribution in [-0.2, 0) is 17.7 Å². The highest BCUT2D eigenvalue weighted by Crippen LogP contribution is 2.25. The zero-order chi connectivity index (χ0) is 27.0. The van der Waals surface area contributed by atoms with Crippen molar-refractivity contribution in [3.8, 4) is 5.75 Å². The molecule has 2 aromatic heterocycles. The topological polar surface area (TPSA) is 118 Å². The molecule has 12 heteroatoms. The third-order valence-electron chi connectivity index (χ3n) is 6.70. The van der Waals surface area contributed by atoms with E-state index in [0.29, 0.717) is 18.1 Å². The molecule has 2 aliphatic heterocycles. The molecule has 1 saturated heterocycles. The van der Waals surface area contributed by atoms with Gasteiger partial charge in [0.1, 0.15) is 29.8 Å². The van der Waals surface area contributed by atoms with Crippen LogP contribution in [0, 0.1) is 18.6 Å². The lowest BCUT2D eigenvalue weighted by atomic mass is 10.0. The number of benzene rings is 1. The van der Waals surface area contributed by atoms with Crippen molar-refractivity contribution in [1.82, 2.24) is 14.7 Å². The first-order chi connectivity index (χ1) is 18.2. The predicted molar refractivity (Wildman–Crippen MR) is 129 cm³/mol. The molecule has 2 aliphatic rings. The molecule has 0 spiro atoms. The number of carbonyl (C=O) groups excluding carboxylic acids is 2. The van der Waals surface area contributed by atoms with Crippen molar-refractivity contribution in [3.63, 3.8) is 0 Å². The minimum atomic E-state index is -0.995. The van der Waals surface area contributed by atoms with Crippen LogP contribution in [0.2, 0.25) is 0 Å². The molecule has 0 aliphatic carbocycles. The number of hydrogen-bond acceptors (Lipinski definition) is 8. The number of fused-ring (bicyclic) bond motifs is 1. The van der Waals surface area contributed by atoms with E-state index in [4.69, 9.17) is 9.26 Å². The molecule has 3 aromatic rings. The van der Waals surface area contributed by atoms with E-state index in [-0.39, 0.29) is 55.5 Å². The number of aromatic nitrogens is 2. The zero-order valence-corrected chi connectivity index (χ0v) is 20.7. The number of halogens is 2. The van der Waals surface area contributed by atoms with Crippen LogP contribution in [0.5, 0.6) is 5.75 Å². The van der Waals surface area contributed by atoms with E-state index < -0.39 is 34.5 Å². The molecule has 5 rings (SSSR count). The first-order valence-electron chi connectivity index (χ1n) is 12.3. The summed E-state index contributed by atoms with van der Waals surface area (Å²) in [6.07, 6.45) is 2.37. The minimum Gasteiger partial charge on any atom is -0.502 e. The Hall–Kier alpha value is -4.06. The van der Waals surface area contributed by atoms with Crippen molar-refractivity contribution < 1.29 is 32.7 Å². The summed E-state index contributed by atoms with van der Waals surface area (Å²) in [5.41, 5.74) is -0.968. The molecule has 10 nitrogen and oxygen atoms in total. The summed E-state index contributed by atoms with van der Waals surface area (Å²) >= 11 is 0. The Labute approximate surface area is 216 Å². The number of aryl methyl sites for hydroxylation is 2. The molecule has 1 N–H and O–H groups in total. The number of carbonyl (C=O) groups is 2. The second-order valence-electron chi connectivity index (χ2n) is 9.47.